The van der Waals surface area contributed by atoms with Gasteiger partial charge in [0.1, 0.15) is 5.82 Å². The van der Waals surface area contributed by atoms with Crippen LogP contribution >= 0.6 is 0 Å². The van der Waals surface area contributed by atoms with Crippen LogP contribution in [-0.4, -0.2) is 60.8 Å². The highest BCUT2D eigenvalue weighted by molar-refractivity contribution is 5.92. The molecule has 1 saturated heterocycles. The minimum absolute atomic E-state index is 0.225. The van der Waals surface area contributed by atoms with Crippen LogP contribution < -0.4 is 10.6 Å². The molecule has 2 aromatic heterocycles. The number of halogens is 3. The van der Waals surface area contributed by atoms with Gasteiger partial charge in [0.15, 0.2) is 5.69 Å². The van der Waals surface area contributed by atoms with Crippen LogP contribution in [0.3, 0.4) is 0 Å². The molecular weight excluding hydrogens is 455 g/mol. The monoisotopic (exact) mass is 481 g/mol. The van der Waals surface area contributed by atoms with E-state index in [0.717, 1.165) is 49.3 Å². The molecule has 0 bridgehead atoms. The molecule has 3 N–H and O–H groups in total. The first-order valence-corrected chi connectivity index (χ1v) is 10.8. The molecule has 1 amide bonds. The number of hydrogen-bond acceptors (Lipinski definition) is 6. The summed E-state index contributed by atoms with van der Waals surface area (Å²) in [5.74, 6) is -2.14. The topological polar surface area (TPSA) is 127 Å². The Hall–Kier alpha value is -3.48. The summed E-state index contributed by atoms with van der Waals surface area (Å²) in [4.78, 5) is 26.3. The van der Waals surface area contributed by atoms with Crippen LogP contribution in [0.25, 0.3) is 11.0 Å². The van der Waals surface area contributed by atoms with Gasteiger partial charge in [-0.1, -0.05) is 17.3 Å². The molecule has 0 radical (unpaired) electrons. The Bertz CT molecular complexity index is 1140. The number of piperidine rings is 1. The van der Waals surface area contributed by atoms with Crippen LogP contribution in [0.4, 0.5) is 13.2 Å². The lowest BCUT2D eigenvalue weighted by molar-refractivity contribution is -0.192. The summed E-state index contributed by atoms with van der Waals surface area (Å²) >= 11 is 0. The normalized spacial score (nSPS) is 15.4. The molecule has 0 aliphatic carbocycles. The summed E-state index contributed by atoms with van der Waals surface area (Å²) in [7, 11) is 0. The molecule has 3 aromatic rings. The molecule has 1 aliphatic heterocycles. The van der Waals surface area contributed by atoms with E-state index in [0.29, 0.717) is 11.7 Å². The number of carboxylic acid groups (broad SMARTS) is 1. The second-order valence-electron chi connectivity index (χ2n) is 7.77. The summed E-state index contributed by atoms with van der Waals surface area (Å²) in [6.45, 7) is 6.76. The van der Waals surface area contributed by atoms with Crippen molar-refractivity contribution in [2.45, 2.75) is 51.5 Å². The van der Waals surface area contributed by atoms with E-state index in [-0.39, 0.29) is 11.9 Å². The third-order valence-corrected chi connectivity index (χ3v) is 5.40. The summed E-state index contributed by atoms with van der Waals surface area (Å²) in [5.41, 5.74) is 2.36. The molecule has 1 atom stereocenters. The molecule has 4 rings (SSSR count). The average molecular weight is 481 g/mol. The highest BCUT2D eigenvalue weighted by Gasteiger charge is 2.38. The highest BCUT2D eigenvalue weighted by Crippen LogP contribution is 2.21. The van der Waals surface area contributed by atoms with Gasteiger partial charge >= 0.3 is 12.1 Å². The lowest BCUT2D eigenvalue weighted by Crippen LogP contribution is -2.30. The predicted molar refractivity (Wildman–Crippen MR) is 116 cm³/mol. The number of amides is 1. The maximum absolute atomic E-state index is 12.7. The number of aromatic nitrogens is 5. The minimum atomic E-state index is -5.08. The second kappa shape index (κ2) is 10.6. The van der Waals surface area contributed by atoms with Gasteiger partial charge in [-0.3, -0.25) is 4.79 Å². The van der Waals surface area contributed by atoms with Crippen molar-refractivity contribution in [3.8, 4) is 0 Å². The van der Waals surface area contributed by atoms with Crippen LogP contribution in [0.2, 0.25) is 0 Å². The van der Waals surface area contributed by atoms with E-state index in [9.17, 15) is 18.0 Å². The van der Waals surface area contributed by atoms with Crippen molar-refractivity contribution in [3.05, 3.63) is 42.0 Å². The summed E-state index contributed by atoms with van der Waals surface area (Å²) in [6, 6.07) is 8.10. The minimum Gasteiger partial charge on any atom is -0.475 e. The van der Waals surface area contributed by atoms with Crippen molar-refractivity contribution in [1.29, 1.82) is 0 Å². The van der Waals surface area contributed by atoms with E-state index in [2.05, 4.69) is 38.5 Å². The number of aliphatic carboxylic acids is 1. The number of carbonyl (C=O) groups excluding carboxylic acids is 1. The van der Waals surface area contributed by atoms with Gasteiger partial charge in [0.05, 0.1) is 29.3 Å². The van der Waals surface area contributed by atoms with E-state index < -0.39 is 12.1 Å². The lowest BCUT2D eigenvalue weighted by atomic mass is 10.1. The number of fused-ring (bicyclic) bond motifs is 1. The van der Waals surface area contributed by atoms with E-state index in [1.807, 2.05) is 29.8 Å². The number of para-hydroxylation sites is 2. The summed E-state index contributed by atoms with van der Waals surface area (Å²) in [6.07, 6.45) is -1.33. The Kier molecular flexibility index (Phi) is 7.87. The van der Waals surface area contributed by atoms with Crippen LogP contribution in [0.1, 0.15) is 55.1 Å². The van der Waals surface area contributed by atoms with Crippen molar-refractivity contribution in [2.24, 2.45) is 0 Å². The Morgan fingerprint density at radius 1 is 1.26 bits per heavy atom. The van der Waals surface area contributed by atoms with Gasteiger partial charge in [0, 0.05) is 6.54 Å². The molecule has 13 heteroatoms. The van der Waals surface area contributed by atoms with Crippen molar-refractivity contribution < 1.29 is 27.9 Å². The van der Waals surface area contributed by atoms with Gasteiger partial charge < -0.3 is 20.3 Å². The Morgan fingerprint density at radius 2 is 1.91 bits per heavy atom. The third kappa shape index (κ3) is 5.90. The Morgan fingerprint density at radius 3 is 2.53 bits per heavy atom. The fourth-order valence-electron chi connectivity index (χ4n) is 3.72. The number of carboxylic acids is 1. The molecule has 0 spiro atoms. The molecule has 1 unspecified atom stereocenters. The van der Waals surface area contributed by atoms with E-state index >= 15 is 0 Å². The number of benzene rings is 1. The largest absolute Gasteiger partial charge is 0.490 e. The van der Waals surface area contributed by atoms with E-state index in [1.54, 1.807) is 6.20 Å². The van der Waals surface area contributed by atoms with Gasteiger partial charge in [-0.05, 0) is 51.9 Å². The third-order valence-electron chi connectivity index (χ3n) is 5.40. The number of alkyl halides is 3. The second-order valence-corrected chi connectivity index (χ2v) is 7.77. The number of nitrogens with zero attached hydrogens (tertiary/aromatic N) is 5. The molecule has 184 valence electrons. The van der Waals surface area contributed by atoms with Gasteiger partial charge in [-0.2, -0.15) is 13.2 Å². The van der Waals surface area contributed by atoms with Crippen molar-refractivity contribution >= 4 is 22.9 Å². The molecule has 1 fully saturated rings. The van der Waals surface area contributed by atoms with Gasteiger partial charge in [0.2, 0.25) is 0 Å². The summed E-state index contributed by atoms with van der Waals surface area (Å²) < 4.78 is 35.7. The number of aryl methyl sites for hydroxylation is 1. The van der Waals surface area contributed by atoms with Crippen LogP contribution in [-0.2, 0) is 11.3 Å². The highest BCUT2D eigenvalue weighted by atomic mass is 19.4. The molecule has 1 aliphatic rings. The van der Waals surface area contributed by atoms with Gasteiger partial charge in [-0.15, -0.1) is 5.10 Å². The van der Waals surface area contributed by atoms with Gasteiger partial charge in [-0.25, -0.2) is 14.5 Å². The first-order chi connectivity index (χ1) is 16.1. The standard InChI is InChI=1S/C19H25N7O.C2HF3O2/c1-3-25-17-7-5-4-6-15(17)22-18(25)13(2)21-19(27)16-12-26(24-23-16)14-8-10-20-11-9-14;3-2(4,5)1(6)7/h4-7,12-14,20H,3,8-11H2,1-2H3,(H,21,27);(H,6,7). The van der Waals surface area contributed by atoms with Crippen LogP contribution in [0, 0.1) is 0 Å². The van der Waals surface area contributed by atoms with Crippen LogP contribution in [0.15, 0.2) is 30.5 Å². The molecule has 10 nitrogen and oxygen atoms in total. The zero-order valence-electron chi connectivity index (χ0n) is 18.7. The number of nitrogens with one attached hydrogen (secondary N) is 2. The molecular formula is C21H26F3N7O3. The van der Waals surface area contributed by atoms with Gasteiger partial charge in [0.25, 0.3) is 5.91 Å². The Balaban J connectivity index is 0.000000406. The summed E-state index contributed by atoms with van der Waals surface area (Å²) in [5, 5.41) is 21.7. The first kappa shape index (κ1) is 25.1. The van der Waals surface area contributed by atoms with E-state index in [4.69, 9.17) is 14.9 Å². The fraction of sp³-hybridized carbons (Fsp3) is 0.476. The quantitative estimate of drug-likeness (QED) is 0.511. The lowest BCUT2D eigenvalue weighted by Gasteiger charge is -2.22. The molecule has 1 aromatic carbocycles. The predicted octanol–water partition coefficient (Wildman–Crippen LogP) is 2.70. The molecule has 3 heterocycles. The van der Waals surface area contributed by atoms with Crippen LogP contribution in [0.5, 0.6) is 0 Å². The van der Waals surface area contributed by atoms with E-state index in [1.165, 1.54) is 0 Å². The number of imidazole rings is 1. The zero-order chi connectivity index (χ0) is 24.9. The Labute approximate surface area is 193 Å². The first-order valence-electron chi connectivity index (χ1n) is 10.8. The smallest absolute Gasteiger partial charge is 0.475 e. The fourth-order valence-corrected chi connectivity index (χ4v) is 3.72. The number of rotatable bonds is 5. The number of hydrogen-bond donors (Lipinski definition) is 3. The SMILES string of the molecule is CCn1c(C(C)NC(=O)c2cn(C3CCNCC3)nn2)nc2ccccc21.O=C(O)C(F)(F)F. The molecule has 34 heavy (non-hydrogen) atoms. The molecule has 0 saturated carbocycles. The zero-order valence-corrected chi connectivity index (χ0v) is 18.7. The average Bonchev–Trinajstić information content (AvgIpc) is 3.44. The maximum atomic E-state index is 12.7. The number of carbonyl (C=O) groups is 2. The van der Waals surface area contributed by atoms with Crippen molar-refractivity contribution in [1.82, 2.24) is 35.2 Å². The van der Waals surface area contributed by atoms with Crippen molar-refractivity contribution in [2.75, 3.05) is 13.1 Å². The van der Waals surface area contributed by atoms with Crippen molar-refractivity contribution in [3.63, 3.8) is 0 Å². The maximum Gasteiger partial charge on any atom is 0.490 e.